The van der Waals surface area contributed by atoms with Crippen molar-refractivity contribution in [3.05, 3.63) is 45.9 Å². The van der Waals surface area contributed by atoms with Gasteiger partial charge in [-0.3, -0.25) is 19.3 Å². The second-order valence-electron chi connectivity index (χ2n) is 7.66. The van der Waals surface area contributed by atoms with Crippen LogP contribution in [-0.2, 0) is 20.0 Å². The third-order valence-corrected chi connectivity index (χ3v) is 5.50. The molecule has 0 amide bonds. The van der Waals surface area contributed by atoms with E-state index in [2.05, 4.69) is 45.0 Å². The zero-order valence-corrected chi connectivity index (χ0v) is 17.0. The minimum Gasteiger partial charge on any atom is -0.309 e. The normalized spacial score (nSPS) is 21.1. The van der Waals surface area contributed by atoms with E-state index in [4.69, 9.17) is 0 Å². The van der Waals surface area contributed by atoms with Crippen LogP contribution in [-0.4, -0.2) is 56.2 Å². The molecule has 1 aliphatic heterocycles. The van der Waals surface area contributed by atoms with Gasteiger partial charge in [-0.25, -0.2) is 4.98 Å². The Morgan fingerprint density at radius 1 is 1.37 bits per heavy atom. The number of hydrogen-bond acceptors (Lipinski definition) is 5. The van der Waals surface area contributed by atoms with Gasteiger partial charge in [0, 0.05) is 43.2 Å². The van der Waals surface area contributed by atoms with E-state index in [-0.39, 0.29) is 5.56 Å². The predicted octanol–water partition coefficient (Wildman–Crippen LogP) is 1.97. The maximum Gasteiger partial charge on any atom is 0.251 e. The maximum absolute atomic E-state index is 11.8. The minimum absolute atomic E-state index is 0.0617. The van der Waals surface area contributed by atoms with Crippen molar-refractivity contribution in [3.63, 3.8) is 0 Å². The number of nitrogens with one attached hydrogen (secondary N) is 1. The first-order valence-electron chi connectivity index (χ1n) is 10.00. The Morgan fingerprint density at radius 2 is 2.19 bits per heavy atom. The van der Waals surface area contributed by atoms with Gasteiger partial charge in [0.2, 0.25) is 0 Å². The first kappa shape index (κ1) is 19.8. The van der Waals surface area contributed by atoms with Gasteiger partial charge in [-0.05, 0) is 45.3 Å². The van der Waals surface area contributed by atoms with Crippen LogP contribution in [0.3, 0.4) is 0 Å². The Balaban J connectivity index is 1.73. The van der Waals surface area contributed by atoms with Crippen molar-refractivity contribution >= 4 is 0 Å². The third kappa shape index (κ3) is 4.84. The smallest absolute Gasteiger partial charge is 0.251 e. The van der Waals surface area contributed by atoms with Gasteiger partial charge in [0.1, 0.15) is 5.82 Å². The van der Waals surface area contributed by atoms with E-state index >= 15 is 0 Å². The molecule has 3 heterocycles. The lowest BCUT2D eigenvalue weighted by Gasteiger charge is -2.42. The van der Waals surface area contributed by atoms with Crippen LogP contribution in [0.25, 0.3) is 0 Å². The molecule has 1 fully saturated rings. The fraction of sp³-hybridized carbons (Fsp3) is 0.650. The van der Waals surface area contributed by atoms with Crippen LogP contribution in [0.4, 0.5) is 0 Å². The summed E-state index contributed by atoms with van der Waals surface area (Å²) >= 11 is 0. The Bertz CT molecular complexity index is 798. The average molecular weight is 373 g/mol. The number of piperidine rings is 1. The van der Waals surface area contributed by atoms with E-state index in [1.54, 1.807) is 6.07 Å². The highest BCUT2D eigenvalue weighted by atomic mass is 16.1. The Kier molecular flexibility index (Phi) is 6.44. The maximum atomic E-state index is 11.8. The fourth-order valence-electron chi connectivity index (χ4n) is 4.31. The van der Waals surface area contributed by atoms with Crippen molar-refractivity contribution in [2.45, 2.75) is 45.7 Å². The number of rotatable bonds is 7. The van der Waals surface area contributed by atoms with Gasteiger partial charge in [0.15, 0.2) is 0 Å². The summed E-state index contributed by atoms with van der Waals surface area (Å²) in [6.07, 6.45) is 7.37. The summed E-state index contributed by atoms with van der Waals surface area (Å²) in [5, 5.41) is 4.40. The highest BCUT2D eigenvalue weighted by Gasteiger charge is 2.33. The van der Waals surface area contributed by atoms with E-state index in [1.807, 2.05) is 24.9 Å². The van der Waals surface area contributed by atoms with Gasteiger partial charge in [-0.15, -0.1) is 0 Å². The molecule has 2 aromatic rings. The highest BCUT2D eigenvalue weighted by molar-refractivity contribution is 5.13. The Morgan fingerprint density at radius 3 is 2.85 bits per heavy atom. The van der Waals surface area contributed by atoms with Crippen LogP contribution in [0.5, 0.6) is 0 Å². The first-order valence-corrected chi connectivity index (χ1v) is 10.00. The Hall–Kier alpha value is -1.99. The molecule has 2 atom stereocenters. The lowest BCUT2D eigenvalue weighted by molar-refractivity contribution is 0.0743. The zero-order valence-electron chi connectivity index (χ0n) is 17.0. The molecule has 0 spiro atoms. The molecule has 0 bridgehead atoms. The van der Waals surface area contributed by atoms with Crippen LogP contribution in [0.1, 0.15) is 49.8 Å². The first-order chi connectivity index (χ1) is 13.0. The molecule has 7 nitrogen and oxygen atoms in total. The van der Waals surface area contributed by atoms with Crippen LogP contribution >= 0.6 is 0 Å². The SMILES string of the molecule is CCc1cc(=O)[nH]c(CN(C)C[C@@H]2CCCN(CC)[C@H]2c2cnn(C)c2)n1. The molecular weight excluding hydrogens is 340 g/mol. The topological polar surface area (TPSA) is 70.1 Å². The summed E-state index contributed by atoms with van der Waals surface area (Å²) in [6.45, 7) is 8.08. The van der Waals surface area contributed by atoms with E-state index in [0.29, 0.717) is 18.5 Å². The molecule has 0 saturated carbocycles. The van der Waals surface area contributed by atoms with Gasteiger partial charge in [0.25, 0.3) is 5.56 Å². The van der Waals surface area contributed by atoms with E-state index in [0.717, 1.165) is 37.6 Å². The summed E-state index contributed by atoms with van der Waals surface area (Å²) < 4.78 is 1.89. The van der Waals surface area contributed by atoms with Crippen molar-refractivity contribution in [1.29, 1.82) is 0 Å². The van der Waals surface area contributed by atoms with Crippen LogP contribution in [0.15, 0.2) is 23.3 Å². The summed E-state index contributed by atoms with van der Waals surface area (Å²) in [5.41, 5.74) is 2.09. The number of likely N-dealkylation sites (tertiary alicyclic amines) is 1. The van der Waals surface area contributed by atoms with Gasteiger partial charge in [-0.1, -0.05) is 13.8 Å². The van der Waals surface area contributed by atoms with Crippen molar-refractivity contribution in [2.24, 2.45) is 13.0 Å². The van der Waals surface area contributed by atoms with Gasteiger partial charge < -0.3 is 4.98 Å². The van der Waals surface area contributed by atoms with Crippen LogP contribution in [0, 0.1) is 5.92 Å². The standard InChI is InChI=1S/C20H32N6O/c1-5-17-10-19(27)23-18(22-17)14-24(3)12-15-8-7-9-26(6-2)20(15)16-11-21-25(4)13-16/h10-11,13,15,20H,5-9,12,14H2,1-4H3,(H,22,23,27)/t15-,20+/m0/s1. The number of aryl methyl sites for hydroxylation is 2. The number of nitrogens with zero attached hydrogens (tertiary/aromatic N) is 5. The highest BCUT2D eigenvalue weighted by Crippen LogP contribution is 2.36. The van der Waals surface area contributed by atoms with Crippen molar-refractivity contribution < 1.29 is 0 Å². The summed E-state index contributed by atoms with van der Waals surface area (Å²) in [7, 11) is 4.09. The van der Waals surface area contributed by atoms with Gasteiger partial charge in [-0.2, -0.15) is 5.10 Å². The van der Waals surface area contributed by atoms with Crippen LogP contribution < -0.4 is 5.56 Å². The molecule has 2 aromatic heterocycles. The molecule has 7 heteroatoms. The molecule has 0 radical (unpaired) electrons. The summed E-state index contributed by atoms with van der Waals surface area (Å²) in [4.78, 5) is 24.1. The molecule has 1 aliphatic rings. The number of aromatic amines is 1. The largest absolute Gasteiger partial charge is 0.309 e. The van der Waals surface area contributed by atoms with E-state index in [1.165, 1.54) is 18.4 Å². The average Bonchev–Trinajstić information content (AvgIpc) is 3.06. The molecule has 0 unspecified atom stereocenters. The number of aromatic nitrogens is 4. The Labute approximate surface area is 161 Å². The van der Waals surface area contributed by atoms with Crippen molar-refractivity contribution in [1.82, 2.24) is 29.5 Å². The number of H-pyrrole nitrogens is 1. The lowest BCUT2D eigenvalue weighted by atomic mass is 9.85. The fourth-order valence-corrected chi connectivity index (χ4v) is 4.31. The second-order valence-corrected chi connectivity index (χ2v) is 7.66. The second kappa shape index (κ2) is 8.80. The molecular formula is C20H32N6O. The lowest BCUT2D eigenvalue weighted by Crippen LogP contribution is -2.42. The van der Waals surface area contributed by atoms with Crippen molar-refractivity contribution in [3.8, 4) is 0 Å². The molecule has 1 saturated heterocycles. The van der Waals surface area contributed by atoms with Crippen LogP contribution in [0.2, 0.25) is 0 Å². The molecule has 0 aliphatic carbocycles. The molecule has 148 valence electrons. The van der Waals surface area contributed by atoms with E-state index < -0.39 is 0 Å². The van der Waals surface area contributed by atoms with Gasteiger partial charge in [0.05, 0.1) is 12.7 Å². The number of hydrogen-bond donors (Lipinski definition) is 1. The molecule has 0 aromatic carbocycles. The minimum atomic E-state index is -0.0617. The van der Waals surface area contributed by atoms with Gasteiger partial charge >= 0.3 is 0 Å². The summed E-state index contributed by atoms with van der Waals surface area (Å²) in [5.74, 6) is 1.29. The van der Waals surface area contributed by atoms with Crippen molar-refractivity contribution in [2.75, 3.05) is 26.7 Å². The zero-order chi connectivity index (χ0) is 19.4. The molecule has 1 N–H and O–H groups in total. The molecule has 27 heavy (non-hydrogen) atoms. The molecule has 3 rings (SSSR count). The third-order valence-electron chi connectivity index (χ3n) is 5.50. The predicted molar refractivity (Wildman–Crippen MR) is 106 cm³/mol. The quantitative estimate of drug-likeness (QED) is 0.805. The summed E-state index contributed by atoms with van der Waals surface area (Å²) in [6, 6.07) is 1.98. The monoisotopic (exact) mass is 372 g/mol. The van der Waals surface area contributed by atoms with E-state index in [9.17, 15) is 4.79 Å².